The highest BCUT2D eigenvalue weighted by Crippen LogP contribution is 2.22. The topological polar surface area (TPSA) is 63.2 Å². The van der Waals surface area contributed by atoms with Crippen LogP contribution >= 0.6 is 0 Å². The first kappa shape index (κ1) is 14.8. The van der Waals surface area contributed by atoms with E-state index in [0.717, 1.165) is 25.6 Å². The summed E-state index contributed by atoms with van der Waals surface area (Å²) in [5, 5.41) is 3.14. The third kappa shape index (κ3) is 3.95. The van der Waals surface area contributed by atoms with Crippen molar-refractivity contribution in [2.24, 2.45) is 5.92 Å². The van der Waals surface area contributed by atoms with Crippen LogP contribution < -0.4 is 15.0 Å². The minimum absolute atomic E-state index is 0.0556. The van der Waals surface area contributed by atoms with Crippen molar-refractivity contribution < 1.29 is 4.74 Å². The van der Waals surface area contributed by atoms with E-state index in [1.165, 1.54) is 12.8 Å². The van der Waals surface area contributed by atoms with Crippen LogP contribution in [0.3, 0.4) is 0 Å². The van der Waals surface area contributed by atoms with Gasteiger partial charge in [-0.3, -0.25) is 0 Å². The molecular formula is C14H25N5O. The smallest absolute Gasteiger partial charge is 0.323 e. The number of aromatic nitrogens is 3. The maximum atomic E-state index is 5.63. The molecule has 1 aromatic heterocycles. The lowest BCUT2D eigenvalue weighted by Gasteiger charge is -2.31. The van der Waals surface area contributed by atoms with E-state index < -0.39 is 0 Å². The van der Waals surface area contributed by atoms with Crippen molar-refractivity contribution in [3.8, 4) is 6.01 Å². The van der Waals surface area contributed by atoms with Gasteiger partial charge in [0.15, 0.2) is 0 Å². The molecule has 0 amide bonds. The minimum atomic E-state index is 0.0556. The summed E-state index contributed by atoms with van der Waals surface area (Å²) in [4.78, 5) is 15.5. The zero-order valence-electron chi connectivity index (χ0n) is 12.9. The predicted molar refractivity (Wildman–Crippen MR) is 80.4 cm³/mol. The first-order valence-electron chi connectivity index (χ1n) is 7.50. The van der Waals surface area contributed by atoms with Gasteiger partial charge in [0.25, 0.3) is 0 Å². The number of nitrogens with zero attached hydrogens (tertiary/aromatic N) is 4. The fraction of sp³-hybridized carbons (Fsp3) is 0.786. The van der Waals surface area contributed by atoms with Crippen LogP contribution in [0.25, 0.3) is 0 Å². The summed E-state index contributed by atoms with van der Waals surface area (Å²) in [6.07, 6.45) is 2.51. The quantitative estimate of drug-likeness (QED) is 0.892. The molecule has 0 bridgehead atoms. The summed E-state index contributed by atoms with van der Waals surface area (Å²) in [6, 6.07) is 0.402. The van der Waals surface area contributed by atoms with E-state index in [4.69, 9.17) is 4.74 Å². The molecule has 0 radical (unpaired) electrons. The van der Waals surface area contributed by atoms with Crippen molar-refractivity contribution in [2.45, 2.75) is 46.6 Å². The molecular weight excluding hydrogens is 254 g/mol. The summed E-state index contributed by atoms with van der Waals surface area (Å²) in [7, 11) is 0. The Hall–Kier alpha value is -1.59. The van der Waals surface area contributed by atoms with E-state index in [9.17, 15) is 0 Å². The number of ether oxygens (including phenoxy) is 1. The van der Waals surface area contributed by atoms with Crippen molar-refractivity contribution in [2.75, 3.05) is 29.9 Å². The lowest BCUT2D eigenvalue weighted by Crippen LogP contribution is -2.35. The third-order valence-electron chi connectivity index (χ3n) is 3.22. The molecule has 1 N–H and O–H groups in total. The summed E-state index contributed by atoms with van der Waals surface area (Å²) >= 11 is 0. The number of nitrogens with one attached hydrogen (secondary N) is 1. The van der Waals surface area contributed by atoms with Crippen LogP contribution in [-0.2, 0) is 0 Å². The largest absolute Gasteiger partial charge is 0.461 e. The van der Waals surface area contributed by atoms with Crippen LogP contribution in [0.15, 0.2) is 0 Å². The molecule has 1 atom stereocenters. The van der Waals surface area contributed by atoms with E-state index in [2.05, 4.69) is 32.1 Å². The molecule has 6 nitrogen and oxygen atoms in total. The summed E-state index contributed by atoms with van der Waals surface area (Å²) in [5.74, 6) is 1.99. The standard InChI is InChI=1S/C14H25N5O/c1-5-15-12-16-13(18-14(17-12)20-10(2)3)19-8-6-7-11(4)9-19/h10-11H,5-9H2,1-4H3,(H,15,16,17,18). The first-order chi connectivity index (χ1) is 9.58. The Morgan fingerprint density at radius 3 is 2.80 bits per heavy atom. The number of hydrogen-bond donors (Lipinski definition) is 1. The Bertz CT molecular complexity index is 438. The van der Waals surface area contributed by atoms with Crippen molar-refractivity contribution >= 4 is 11.9 Å². The Morgan fingerprint density at radius 1 is 1.35 bits per heavy atom. The monoisotopic (exact) mass is 279 g/mol. The highest BCUT2D eigenvalue weighted by molar-refractivity contribution is 5.38. The van der Waals surface area contributed by atoms with Gasteiger partial charge in [-0.15, -0.1) is 0 Å². The number of piperidine rings is 1. The zero-order valence-corrected chi connectivity index (χ0v) is 12.9. The van der Waals surface area contributed by atoms with Gasteiger partial charge in [0, 0.05) is 19.6 Å². The van der Waals surface area contributed by atoms with E-state index in [0.29, 0.717) is 17.9 Å². The maximum Gasteiger partial charge on any atom is 0.323 e. The fourth-order valence-electron chi connectivity index (χ4n) is 2.36. The molecule has 1 saturated heterocycles. The average molecular weight is 279 g/mol. The van der Waals surface area contributed by atoms with Crippen molar-refractivity contribution in [3.63, 3.8) is 0 Å². The SMILES string of the molecule is CCNc1nc(OC(C)C)nc(N2CCCC(C)C2)n1. The van der Waals surface area contributed by atoms with Crippen LogP contribution in [0.5, 0.6) is 6.01 Å². The molecule has 1 aliphatic heterocycles. The average Bonchev–Trinajstić information content (AvgIpc) is 2.38. The second-order valence-electron chi connectivity index (χ2n) is 5.63. The second-order valence-corrected chi connectivity index (χ2v) is 5.63. The van der Waals surface area contributed by atoms with Crippen molar-refractivity contribution in [1.82, 2.24) is 15.0 Å². The number of rotatable bonds is 5. The highest BCUT2D eigenvalue weighted by atomic mass is 16.5. The lowest BCUT2D eigenvalue weighted by atomic mass is 10.0. The zero-order chi connectivity index (χ0) is 14.5. The summed E-state index contributed by atoms with van der Waals surface area (Å²) < 4.78 is 5.63. The van der Waals surface area contributed by atoms with Crippen LogP contribution in [-0.4, -0.2) is 40.7 Å². The maximum absolute atomic E-state index is 5.63. The normalized spacial score (nSPS) is 19.2. The molecule has 0 saturated carbocycles. The van der Waals surface area contributed by atoms with Gasteiger partial charge < -0.3 is 15.0 Å². The number of hydrogen-bond acceptors (Lipinski definition) is 6. The van der Waals surface area contributed by atoms with Crippen LogP contribution in [0, 0.1) is 5.92 Å². The molecule has 20 heavy (non-hydrogen) atoms. The number of anilines is 2. The molecule has 1 unspecified atom stereocenters. The van der Waals surface area contributed by atoms with Crippen LogP contribution in [0.2, 0.25) is 0 Å². The summed E-state index contributed by atoms with van der Waals surface area (Å²) in [6.45, 7) is 11.0. The van der Waals surface area contributed by atoms with Crippen LogP contribution in [0.4, 0.5) is 11.9 Å². The Kier molecular flexibility index (Phi) is 4.98. The van der Waals surface area contributed by atoms with Crippen molar-refractivity contribution in [3.05, 3.63) is 0 Å². The van der Waals surface area contributed by atoms with Gasteiger partial charge >= 0.3 is 6.01 Å². The molecule has 0 aromatic carbocycles. The molecule has 6 heteroatoms. The lowest BCUT2D eigenvalue weighted by molar-refractivity contribution is 0.222. The molecule has 1 fully saturated rings. The van der Waals surface area contributed by atoms with E-state index >= 15 is 0 Å². The second kappa shape index (κ2) is 6.72. The minimum Gasteiger partial charge on any atom is -0.461 e. The molecule has 2 heterocycles. The fourth-order valence-corrected chi connectivity index (χ4v) is 2.36. The molecule has 1 aliphatic rings. The van der Waals surface area contributed by atoms with Gasteiger partial charge in [-0.1, -0.05) is 6.92 Å². The molecule has 112 valence electrons. The Labute approximate surface area is 121 Å². The highest BCUT2D eigenvalue weighted by Gasteiger charge is 2.20. The van der Waals surface area contributed by atoms with Gasteiger partial charge in [0.1, 0.15) is 0 Å². The Balaban J connectivity index is 2.23. The van der Waals surface area contributed by atoms with Gasteiger partial charge in [-0.2, -0.15) is 15.0 Å². The van der Waals surface area contributed by atoms with E-state index in [-0.39, 0.29) is 6.10 Å². The summed E-state index contributed by atoms with van der Waals surface area (Å²) in [5.41, 5.74) is 0. The third-order valence-corrected chi connectivity index (χ3v) is 3.22. The molecule has 0 aliphatic carbocycles. The predicted octanol–water partition coefficient (Wildman–Crippen LogP) is 2.33. The van der Waals surface area contributed by atoms with Gasteiger partial charge in [-0.25, -0.2) is 0 Å². The molecule has 2 rings (SSSR count). The Morgan fingerprint density at radius 2 is 2.15 bits per heavy atom. The molecule has 1 aromatic rings. The molecule has 0 spiro atoms. The van der Waals surface area contributed by atoms with E-state index in [1.54, 1.807) is 0 Å². The van der Waals surface area contributed by atoms with Gasteiger partial charge in [0.2, 0.25) is 11.9 Å². The van der Waals surface area contributed by atoms with Gasteiger partial charge in [0.05, 0.1) is 6.10 Å². The van der Waals surface area contributed by atoms with Crippen molar-refractivity contribution in [1.29, 1.82) is 0 Å². The van der Waals surface area contributed by atoms with E-state index in [1.807, 2.05) is 20.8 Å². The van der Waals surface area contributed by atoms with Crippen LogP contribution in [0.1, 0.15) is 40.5 Å². The first-order valence-corrected chi connectivity index (χ1v) is 7.50. The van der Waals surface area contributed by atoms with Gasteiger partial charge in [-0.05, 0) is 39.5 Å².